The number of aryl methyl sites for hydroxylation is 1. The molecule has 1 N–H and O–H groups in total. The molecule has 1 aromatic carbocycles. The van der Waals surface area contributed by atoms with Gasteiger partial charge in [-0.2, -0.15) is 0 Å². The highest BCUT2D eigenvalue weighted by Crippen LogP contribution is 2.40. The number of hydrogen-bond donors (Lipinski definition) is 1. The third kappa shape index (κ3) is 4.47. The molecule has 1 aromatic rings. The van der Waals surface area contributed by atoms with Gasteiger partial charge in [0.25, 0.3) is 0 Å². The average Bonchev–Trinajstić information content (AvgIpc) is 2.49. The number of halogens is 1. The molecule has 0 saturated heterocycles. The number of hydrogen-bond acceptors (Lipinski definition) is 1. The fourth-order valence-corrected chi connectivity index (χ4v) is 3.58. The standard InChI is InChI=1S/C19H30ClN/c1-5-19(3,4)16-8-10-17(11-9-16)21-13-15-7-6-14(2)18(20)12-15/h6-7,12,16-17,21H,5,8-11,13H2,1-4H3. The first-order valence-corrected chi connectivity index (χ1v) is 8.78. The van der Waals surface area contributed by atoms with Gasteiger partial charge in [0.05, 0.1) is 0 Å². The zero-order valence-corrected chi connectivity index (χ0v) is 14.8. The van der Waals surface area contributed by atoms with Crippen LogP contribution >= 0.6 is 11.6 Å². The number of benzene rings is 1. The largest absolute Gasteiger partial charge is 0.310 e. The van der Waals surface area contributed by atoms with E-state index in [2.05, 4.69) is 51.2 Å². The van der Waals surface area contributed by atoms with E-state index in [1.807, 2.05) is 0 Å². The molecule has 1 aliphatic carbocycles. The van der Waals surface area contributed by atoms with Crippen LogP contribution in [0.4, 0.5) is 0 Å². The Kier molecular flexibility index (Phi) is 5.73. The van der Waals surface area contributed by atoms with Gasteiger partial charge in [0.1, 0.15) is 0 Å². The van der Waals surface area contributed by atoms with Crippen LogP contribution < -0.4 is 5.32 Å². The van der Waals surface area contributed by atoms with E-state index < -0.39 is 0 Å². The molecule has 2 rings (SSSR count). The van der Waals surface area contributed by atoms with Gasteiger partial charge in [0.2, 0.25) is 0 Å². The molecule has 1 aliphatic rings. The lowest BCUT2D eigenvalue weighted by molar-refractivity contribution is 0.137. The molecule has 0 aliphatic heterocycles. The van der Waals surface area contributed by atoms with Crippen molar-refractivity contribution >= 4 is 11.6 Å². The second kappa shape index (κ2) is 7.15. The summed E-state index contributed by atoms with van der Waals surface area (Å²) in [6.07, 6.45) is 6.65. The highest BCUT2D eigenvalue weighted by Gasteiger charge is 2.31. The Labute approximate surface area is 135 Å². The lowest BCUT2D eigenvalue weighted by Gasteiger charge is -2.39. The molecule has 0 spiro atoms. The molecular weight excluding hydrogens is 278 g/mol. The average molecular weight is 308 g/mol. The van der Waals surface area contributed by atoms with Crippen molar-refractivity contribution in [2.75, 3.05) is 0 Å². The van der Waals surface area contributed by atoms with E-state index in [-0.39, 0.29) is 0 Å². The molecule has 0 amide bonds. The maximum absolute atomic E-state index is 6.19. The van der Waals surface area contributed by atoms with Crippen LogP contribution in [0.5, 0.6) is 0 Å². The second-order valence-electron chi connectivity index (χ2n) is 7.36. The van der Waals surface area contributed by atoms with Crippen molar-refractivity contribution in [1.82, 2.24) is 5.32 Å². The van der Waals surface area contributed by atoms with E-state index >= 15 is 0 Å². The van der Waals surface area contributed by atoms with E-state index in [4.69, 9.17) is 11.6 Å². The van der Waals surface area contributed by atoms with Crippen LogP contribution in [0.2, 0.25) is 5.02 Å². The van der Waals surface area contributed by atoms with Gasteiger partial charge >= 0.3 is 0 Å². The van der Waals surface area contributed by atoms with E-state index in [0.717, 1.165) is 23.0 Å². The summed E-state index contributed by atoms with van der Waals surface area (Å²) < 4.78 is 0. The van der Waals surface area contributed by atoms with Crippen molar-refractivity contribution in [2.45, 2.75) is 72.4 Å². The first kappa shape index (κ1) is 16.8. The van der Waals surface area contributed by atoms with Gasteiger partial charge in [-0.15, -0.1) is 0 Å². The normalized spacial score (nSPS) is 23.3. The third-order valence-electron chi connectivity index (χ3n) is 5.57. The van der Waals surface area contributed by atoms with Crippen molar-refractivity contribution < 1.29 is 0 Å². The summed E-state index contributed by atoms with van der Waals surface area (Å²) in [4.78, 5) is 0. The molecule has 1 saturated carbocycles. The smallest absolute Gasteiger partial charge is 0.0438 e. The molecule has 0 atom stereocenters. The van der Waals surface area contributed by atoms with Crippen molar-refractivity contribution in [1.29, 1.82) is 0 Å². The highest BCUT2D eigenvalue weighted by atomic mass is 35.5. The van der Waals surface area contributed by atoms with E-state index in [9.17, 15) is 0 Å². The van der Waals surface area contributed by atoms with Gasteiger partial charge in [-0.25, -0.2) is 0 Å². The van der Waals surface area contributed by atoms with Gasteiger partial charge < -0.3 is 5.32 Å². The molecule has 0 aromatic heterocycles. The van der Waals surface area contributed by atoms with Gasteiger partial charge in [-0.05, 0) is 61.1 Å². The van der Waals surface area contributed by atoms with Gasteiger partial charge in [-0.1, -0.05) is 50.9 Å². The van der Waals surface area contributed by atoms with Crippen LogP contribution in [-0.2, 0) is 6.54 Å². The van der Waals surface area contributed by atoms with E-state index in [1.165, 1.54) is 37.7 Å². The van der Waals surface area contributed by atoms with Crippen LogP contribution in [0.3, 0.4) is 0 Å². The molecule has 0 unspecified atom stereocenters. The Bertz CT molecular complexity index is 459. The molecule has 21 heavy (non-hydrogen) atoms. The lowest BCUT2D eigenvalue weighted by atomic mass is 9.69. The lowest BCUT2D eigenvalue weighted by Crippen LogP contribution is -2.36. The summed E-state index contributed by atoms with van der Waals surface area (Å²) in [6.45, 7) is 10.2. The van der Waals surface area contributed by atoms with Crippen LogP contribution in [0.25, 0.3) is 0 Å². The maximum atomic E-state index is 6.19. The third-order valence-corrected chi connectivity index (χ3v) is 5.98. The minimum Gasteiger partial charge on any atom is -0.310 e. The minimum atomic E-state index is 0.509. The fourth-order valence-electron chi connectivity index (χ4n) is 3.38. The predicted molar refractivity (Wildman–Crippen MR) is 92.8 cm³/mol. The van der Waals surface area contributed by atoms with Crippen molar-refractivity contribution in [3.63, 3.8) is 0 Å². The Morgan fingerprint density at radius 1 is 1.19 bits per heavy atom. The Balaban J connectivity index is 1.80. The number of rotatable bonds is 5. The van der Waals surface area contributed by atoms with Gasteiger partial charge in [-0.3, -0.25) is 0 Å². The molecule has 1 nitrogen and oxygen atoms in total. The molecular formula is C19H30ClN. The van der Waals surface area contributed by atoms with Crippen molar-refractivity contribution in [3.05, 3.63) is 34.3 Å². The Morgan fingerprint density at radius 3 is 2.43 bits per heavy atom. The van der Waals surface area contributed by atoms with E-state index in [0.29, 0.717) is 11.5 Å². The SMILES string of the molecule is CCC(C)(C)C1CCC(NCc2ccc(C)c(Cl)c2)CC1. The maximum Gasteiger partial charge on any atom is 0.0438 e. The van der Waals surface area contributed by atoms with Gasteiger partial charge in [0.15, 0.2) is 0 Å². The molecule has 118 valence electrons. The summed E-state index contributed by atoms with van der Waals surface area (Å²) >= 11 is 6.19. The van der Waals surface area contributed by atoms with Crippen LogP contribution in [0, 0.1) is 18.3 Å². The van der Waals surface area contributed by atoms with Crippen LogP contribution in [-0.4, -0.2) is 6.04 Å². The van der Waals surface area contributed by atoms with Crippen molar-refractivity contribution in [3.8, 4) is 0 Å². The molecule has 0 bridgehead atoms. The topological polar surface area (TPSA) is 12.0 Å². The predicted octanol–water partition coefficient (Wildman–Crippen LogP) is 5.73. The van der Waals surface area contributed by atoms with E-state index in [1.54, 1.807) is 0 Å². The zero-order chi connectivity index (χ0) is 15.5. The Morgan fingerprint density at radius 2 is 1.86 bits per heavy atom. The zero-order valence-electron chi connectivity index (χ0n) is 14.0. The monoisotopic (exact) mass is 307 g/mol. The summed E-state index contributed by atoms with van der Waals surface area (Å²) in [5.74, 6) is 0.898. The first-order chi connectivity index (χ1) is 9.92. The van der Waals surface area contributed by atoms with Gasteiger partial charge in [0, 0.05) is 17.6 Å². The fraction of sp³-hybridized carbons (Fsp3) is 0.684. The minimum absolute atomic E-state index is 0.509. The molecule has 0 radical (unpaired) electrons. The first-order valence-electron chi connectivity index (χ1n) is 8.41. The van der Waals surface area contributed by atoms with Crippen molar-refractivity contribution in [2.24, 2.45) is 11.3 Å². The summed E-state index contributed by atoms with van der Waals surface area (Å²) in [5, 5.41) is 4.59. The summed E-state index contributed by atoms with van der Waals surface area (Å²) in [6, 6.07) is 7.06. The summed E-state index contributed by atoms with van der Waals surface area (Å²) in [7, 11) is 0. The number of nitrogens with one attached hydrogen (secondary N) is 1. The van der Waals surface area contributed by atoms with Crippen LogP contribution in [0.1, 0.15) is 64.0 Å². The quantitative estimate of drug-likeness (QED) is 0.732. The summed E-state index contributed by atoms with van der Waals surface area (Å²) in [5.41, 5.74) is 2.96. The molecule has 2 heteroatoms. The Hall–Kier alpha value is -0.530. The second-order valence-corrected chi connectivity index (χ2v) is 7.76. The molecule has 0 heterocycles. The highest BCUT2D eigenvalue weighted by molar-refractivity contribution is 6.31. The van der Waals surface area contributed by atoms with Crippen LogP contribution in [0.15, 0.2) is 18.2 Å². The molecule has 1 fully saturated rings.